The summed E-state index contributed by atoms with van der Waals surface area (Å²) < 4.78 is 144. The van der Waals surface area contributed by atoms with E-state index in [9.17, 15) is 43.9 Å². The van der Waals surface area contributed by atoms with Crippen molar-refractivity contribution in [1.82, 2.24) is 0 Å². The first-order chi connectivity index (χ1) is 18.3. The second-order valence-electron chi connectivity index (χ2n) is 8.25. The van der Waals surface area contributed by atoms with Crippen LogP contribution in [0.4, 0.5) is 43.9 Å². The molecular weight excluding hydrogens is 542 g/mol. The number of allylic oxidation sites excluding steroid dienone is 1. The predicted octanol–water partition coefficient (Wildman–Crippen LogP) is 9.61. The van der Waals surface area contributed by atoms with Crippen molar-refractivity contribution in [3.63, 3.8) is 0 Å². The molecule has 202 valence electrons. The van der Waals surface area contributed by atoms with Gasteiger partial charge in [-0.05, 0) is 48.4 Å². The Labute approximate surface area is 214 Å². The summed E-state index contributed by atoms with van der Waals surface area (Å²) in [7, 11) is 0. The molecule has 0 aliphatic rings. The van der Waals surface area contributed by atoms with E-state index in [0.29, 0.717) is 12.1 Å². The Morgan fingerprint density at radius 2 is 1.18 bits per heavy atom. The molecule has 1 nitrogen and oxygen atoms in total. The van der Waals surface area contributed by atoms with Gasteiger partial charge in [0.1, 0.15) is 29.0 Å². The summed E-state index contributed by atoms with van der Waals surface area (Å²) in [5.41, 5.74) is -2.51. The average molecular weight is 556 g/mol. The summed E-state index contributed by atoms with van der Waals surface area (Å²) in [6.07, 6.45) is -4.12. The largest absolute Gasteiger partial charge is 0.429 e. The van der Waals surface area contributed by atoms with E-state index in [1.54, 1.807) is 0 Å². The quantitative estimate of drug-likeness (QED) is 0.170. The second kappa shape index (κ2) is 10.5. The first-order valence-corrected chi connectivity index (χ1v) is 10.9. The van der Waals surface area contributed by atoms with Crippen molar-refractivity contribution in [1.29, 1.82) is 0 Å². The van der Waals surface area contributed by atoms with Crippen LogP contribution in [-0.4, -0.2) is 0 Å². The molecular formula is C28H14F10O. The van der Waals surface area contributed by atoms with E-state index in [0.717, 1.165) is 49.4 Å². The third kappa shape index (κ3) is 5.62. The third-order valence-corrected chi connectivity index (χ3v) is 5.59. The molecule has 4 rings (SSSR count). The molecule has 0 heterocycles. The lowest BCUT2D eigenvalue weighted by Crippen LogP contribution is -2.22. The first kappa shape index (κ1) is 27.7. The third-order valence-electron chi connectivity index (χ3n) is 5.59. The SMILES string of the molecule is CC(F)=C(F)c1cc(F)c(-c2ccc(-c3ccc(C(F)(F)Oc4cc(F)c(F)c(F)c4)cc3)c(F)c2)c(F)c1. The Balaban J connectivity index is 1.60. The van der Waals surface area contributed by atoms with Crippen LogP contribution in [0.15, 0.2) is 72.6 Å². The van der Waals surface area contributed by atoms with Crippen LogP contribution in [0.3, 0.4) is 0 Å². The van der Waals surface area contributed by atoms with Gasteiger partial charge in [-0.1, -0.05) is 24.3 Å². The van der Waals surface area contributed by atoms with Gasteiger partial charge in [-0.2, -0.15) is 8.78 Å². The monoisotopic (exact) mass is 556 g/mol. The van der Waals surface area contributed by atoms with Crippen LogP contribution in [0, 0.1) is 34.9 Å². The van der Waals surface area contributed by atoms with Crippen molar-refractivity contribution in [2.75, 3.05) is 0 Å². The van der Waals surface area contributed by atoms with E-state index in [1.807, 2.05) is 0 Å². The van der Waals surface area contributed by atoms with Gasteiger partial charge in [0.2, 0.25) is 0 Å². The number of benzene rings is 4. The van der Waals surface area contributed by atoms with E-state index in [1.165, 1.54) is 0 Å². The summed E-state index contributed by atoms with van der Waals surface area (Å²) in [4.78, 5) is 0. The normalized spacial score (nSPS) is 12.4. The van der Waals surface area contributed by atoms with Crippen molar-refractivity contribution in [2.45, 2.75) is 13.0 Å². The van der Waals surface area contributed by atoms with Gasteiger partial charge in [-0.3, -0.25) is 0 Å². The van der Waals surface area contributed by atoms with Crippen molar-refractivity contribution in [2.24, 2.45) is 0 Å². The summed E-state index contributed by atoms with van der Waals surface area (Å²) in [6, 6.07) is 8.44. The average Bonchev–Trinajstić information content (AvgIpc) is 2.86. The molecule has 0 aliphatic carbocycles. The molecule has 0 amide bonds. The van der Waals surface area contributed by atoms with Crippen LogP contribution in [0.2, 0.25) is 0 Å². The molecule has 0 aliphatic heterocycles. The molecule has 0 atom stereocenters. The summed E-state index contributed by atoms with van der Waals surface area (Å²) in [5, 5.41) is 0. The van der Waals surface area contributed by atoms with E-state index in [2.05, 4.69) is 4.74 Å². The number of hydrogen-bond acceptors (Lipinski definition) is 1. The second-order valence-corrected chi connectivity index (χ2v) is 8.25. The molecule has 0 N–H and O–H groups in total. The number of rotatable bonds is 6. The summed E-state index contributed by atoms with van der Waals surface area (Å²) >= 11 is 0. The first-order valence-electron chi connectivity index (χ1n) is 10.9. The fraction of sp³-hybridized carbons (Fsp3) is 0.0714. The van der Waals surface area contributed by atoms with Crippen molar-refractivity contribution >= 4 is 5.83 Å². The van der Waals surface area contributed by atoms with Crippen molar-refractivity contribution in [3.8, 4) is 28.0 Å². The number of ether oxygens (including phenoxy) is 1. The van der Waals surface area contributed by atoms with Gasteiger partial charge in [-0.15, -0.1) is 0 Å². The van der Waals surface area contributed by atoms with Crippen LogP contribution >= 0.6 is 0 Å². The Hall–Kier alpha value is -4.28. The number of alkyl halides is 2. The van der Waals surface area contributed by atoms with Crippen molar-refractivity contribution in [3.05, 3.63) is 119 Å². The van der Waals surface area contributed by atoms with Gasteiger partial charge in [-0.25, -0.2) is 35.1 Å². The maximum atomic E-state index is 14.9. The van der Waals surface area contributed by atoms with Crippen LogP contribution in [-0.2, 0) is 6.11 Å². The molecule has 0 aromatic heterocycles. The fourth-order valence-corrected chi connectivity index (χ4v) is 3.72. The van der Waals surface area contributed by atoms with Gasteiger partial charge in [0.05, 0.1) is 11.1 Å². The van der Waals surface area contributed by atoms with Crippen LogP contribution in [0.1, 0.15) is 18.1 Å². The fourth-order valence-electron chi connectivity index (χ4n) is 3.72. The zero-order valence-electron chi connectivity index (χ0n) is 19.5. The molecule has 0 unspecified atom stereocenters. The zero-order valence-corrected chi connectivity index (χ0v) is 19.5. The highest BCUT2D eigenvalue weighted by Crippen LogP contribution is 2.36. The van der Waals surface area contributed by atoms with Gasteiger partial charge in [0.15, 0.2) is 23.3 Å². The smallest absolute Gasteiger partial charge is 0.426 e. The van der Waals surface area contributed by atoms with E-state index in [-0.39, 0.29) is 28.8 Å². The minimum atomic E-state index is -4.12. The van der Waals surface area contributed by atoms with Gasteiger partial charge >= 0.3 is 6.11 Å². The lowest BCUT2D eigenvalue weighted by atomic mass is 9.97. The molecule has 0 spiro atoms. The maximum absolute atomic E-state index is 14.9. The molecule has 0 fully saturated rings. The van der Waals surface area contributed by atoms with Crippen LogP contribution in [0.5, 0.6) is 5.75 Å². The molecule has 4 aromatic carbocycles. The summed E-state index contributed by atoms with van der Waals surface area (Å²) in [5.74, 6) is -12.6. The maximum Gasteiger partial charge on any atom is 0.426 e. The minimum Gasteiger partial charge on any atom is -0.429 e. The highest BCUT2D eigenvalue weighted by Gasteiger charge is 2.35. The van der Waals surface area contributed by atoms with Gasteiger partial charge < -0.3 is 4.74 Å². The Kier molecular flexibility index (Phi) is 7.45. The van der Waals surface area contributed by atoms with E-state index < -0.39 is 75.1 Å². The van der Waals surface area contributed by atoms with Gasteiger partial charge in [0.25, 0.3) is 0 Å². The molecule has 0 radical (unpaired) electrons. The molecule has 0 saturated heterocycles. The van der Waals surface area contributed by atoms with Gasteiger partial charge in [0, 0.05) is 23.3 Å². The van der Waals surface area contributed by atoms with Crippen molar-refractivity contribution < 1.29 is 48.6 Å². The molecule has 11 heteroatoms. The minimum absolute atomic E-state index is 0.0689. The van der Waals surface area contributed by atoms with Crippen LogP contribution in [0.25, 0.3) is 28.1 Å². The lowest BCUT2D eigenvalue weighted by molar-refractivity contribution is -0.185. The van der Waals surface area contributed by atoms with Crippen LogP contribution < -0.4 is 4.74 Å². The molecule has 0 saturated carbocycles. The summed E-state index contributed by atoms with van der Waals surface area (Å²) in [6.45, 7) is 0.766. The number of hydrogen-bond donors (Lipinski definition) is 0. The highest BCUT2D eigenvalue weighted by atomic mass is 19.3. The Morgan fingerprint density at radius 1 is 0.641 bits per heavy atom. The zero-order chi connectivity index (χ0) is 28.6. The number of halogens is 10. The highest BCUT2D eigenvalue weighted by molar-refractivity contribution is 5.73. The lowest BCUT2D eigenvalue weighted by Gasteiger charge is -2.19. The Bertz CT molecular complexity index is 1540. The van der Waals surface area contributed by atoms with E-state index in [4.69, 9.17) is 0 Å². The predicted molar refractivity (Wildman–Crippen MR) is 123 cm³/mol. The molecule has 4 aromatic rings. The molecule has 39 heavy (non-hydrogen) atoms. The Morgan fingerprint density at radius 3 is 1.69 bits per heavy atom. The standard InChI is InChI=1S/C28H14F10O/c1-13(29)26(35)16-9-21(31)25(22(32)10-16)15-4-7-19(20(30)8-15)14-2-5-17(6-3-14)28(37,38)39-18-11-23(33)27(36)24(34)12-18/h2-12H,1H3. The van der Waals surface area contributed by atoms with E-state index >= 15 is 0 Å². The topological polar surface area (TPSA) is 9.23 Å². The molecule has 0 bridgehead atoms.